The summed E-state index contributed by atoms with van der Waals surface area (Å²) in [4.78, 5) is 0. The van der Waals surface area contributed by atoms with Crippen molar-refractivity contribution in [3.63, 3.8) is 0 Å². The molecule has 2 nitrogen and oxygen atoms in total. The van der Waals surface area contributed by atoms with Crippen LogP contribution in [0.4, 0.5) is 0 Å². The summed E-state index contributed by atoms with van der Waals surface area (Å²) in [6.07, 6.45) is 0. The van der Waals surface area contributed by atoms with Crippen molar-refractivity contribution in [2.75, 3.05) is 0 Å². The van der Waals surface area contributed by atoms with Crippen LogP contribution in [0.2, 0.25) is 5.15 Å². The van der Waals surface area contributed by atoms with Gasteiger partial charge in [0, 0.05) is 18.8 Å². The van der Waals surface area contributed by atoms with Crippen molar-refractivity contribution in [2.45, 2.75) is 0 Å². The van der Waals surface area contributed by atoms with Crippen molar-refractivity contribution in [3.8, 4) is 0 Å². The number of hydrogen-bond donors (Lipinski definition) is 0. The highest BCUT2D eigenvalue weighted by Gasteiger charge is 1.94. The number of aromatic nitrogens is 2. The van der Waals surface area contributed by atoms with Gasteiger partial charge >= 0.3 is 0 Å². The topological polar surface area (TPSA) is 17.8 Å². The summed E-state index contributed by atoms with van der Waals surface area (Å²) in [6, 6.07) is 0. The Morgan fingerprint density at radius 1 is 1.88 bits per heavy atom. The molecule has 0 radical (unpaired) electrons. The van der Waals surface area contributed by atoms with Gasteiger partial charge in [0.05, 0.1) is 0 Å². The van der Waals surface area contributed by atoms with Crippen LogP contribution in [0.15, 0.2) is 0 Å². The fraction of sp³-hybridized carbons (Fsp3) is 0.333. The smallest absolute Gasteiger partial charge is 0.179 e. The number of rotatable bonds is 0. The zero-order chi connectivity index (χ0) is 6.15. The third kappa shape index (κ3) is 0.913. The molecule has 1 rings (SSSR count). The first-order chi connectivity index (χ1) is 3.72. The first kappa shape index (κ1) is 6.19. The molecule has 0 unspecified atom stereocenters. The van der Waals surface area contributed by atoms with Crippen LogP contribution in [-0.4, -0.2) is 8.33 Å². The van der Waals surface area contributed by atoms with E-state index in [4.69, 9.17) is 23.8 Å². The number of aryl methyl sites for hydroxylation is 1. The highest BCUT2D eigenvalue weighted by atomic mass is 35.5. The Bertz CT molecular complexity index is 215. The lowest BCUT2D eigenvalue weighted by molar-refractivity contribution is 1.01. The fourth-order valence-corrected chi connectivity index (χ4v) is 1.22. The van der Waals surface area contributed by atoms with Crippen molar-refractivity contribution in [1.29, 1.82) is 0 Å². The predicted octanol–water partition coefficient (Wildman–Crippen LogP) is 1.86. The van der Waals surface area contributed by atoms with Crippen LogP contribution in [0, 0.1) is 4.64 Å². The standard InChI is InChI=1S/C3H3ClN2S2/c1-6-3(7)2(4)5-8-6/h1H3. The molecular weight excluding hydrogens is 164 g/mol. The van der Waals surface area contributed by atoms with E-state index < -0.39 is 0 Å². The van der Waals surface area contributed by atoms with Gasteiger partial charge < -0.3 is 0 Å². The molecule has 0 aliphatic rings. The lowest BCUT2D eigenvalue weighted by Crippen LogP contribution is -1.76. The Kier molecular flexibility index (Phi) is 1.65. The molecule has 0 bridgehead atoms. The molecule has 0 N–H and O–H groups in total. The fourth-order valence-electron chi connectivity index (χ4n) is 0.303. The van der Waals surface area contributed by atoms with Gasteiger partial charge in [0.25, 0.3) is 0 Å². The second-order valence-corrected chi connectivity index (χ2v) is 2.90. The molecule has 0 aliphatic carbocycles. The van der Waals surface area contributed by atoms with E-state index in [1.165, 1.54) is 11.7 Å². The van der Waals surface area contributed by atoms with Gasteiger partial charge in [-0.1, -0.05) is 23.8 Å². The van der Waals surface area contributed by atoms with Crippen LogP contribution in [-0.2, 0) is 7.05 Å². The molecule has 44 valence electrons. The molecule has 1 aromatic heterocycles. The van der Waals surface area contributed by atoms with Crippen molar-refractivity contribution in [1.82, 2.24) is 8.33 Å². The Labute approximate surface area is 61.0 Å². The average Bonchev–Trinajstić information content (AvgIpc) is 1.98. The summed E-state index contributed by atoms with van der Waals surface area (Å²) < 4.78 is 6.12. The van der Waals surface area contributed by atoms with Crippen LogP contribution in [0.5, 0.6) is 0 Å². The summed E-state index contributed by atoms with van der Waals surface area (Å²) in [5.74, 6) is 0. The van der Waals surface area contributed by atoms with Crippen LogP contribution < -0.4 is 0 Å². The molecule has 0 saturated carbocycles. The Balaban J connectivity index is 3.42. The van der Waals surface area contributed by atoms with E-state index >= 15 is 0 Å². The van der Waals surface area contributed by atoms with Crippen LogP contribution in [0.3, 0.4) is 0 Å². The monoisotopic (exact) mass is 166 g/mol. The zero-order valence-electron chi connectivity index (χ0n) is 4.09. The van der Waals surface area contributed by atoms with Gasteiger partial charge in [-0.05, 0) is 0 Å². The molecular formula is C3H3ClN2S2. The van der Waals surface area contributed by atoms with Gasteiger partial charge in [0.15, 0.2) is 9.79 Å². The molecule has 1 aromatic rings. The molecule has 8 heavy (non-hydrogen) atoms. The third-order valence-corrected chi connectivity index (χ3v) is 2.46. The molecule has 5 heteroatoms. The minimum atomic E-state index is 0.424. The molecule has 1 heterocycles. The molecule has 0 aromatic carbocycles. The normalized spacial score (nSPS) is 9.75. The van der Waals surface area contributed by atoms with Crippen LogP contribution in [0.1, 0.15) is 0 Å². The summed E-state index contributed by atoms with van der Waals surface area (Å²) in [5.41, 5.74) is 0. The Morgan fingerprint density at radius 3 is 2.62 bits per heavy atom. The van der Waals surface area contributed by atoms with E-state index in [0.29, 0.717) is 9.79 Å². The first-order valence-corrected chi connectivity index (χ1v) is 3.42. The van der Waals surface area contributed by atoms with E-state index in [-0.39, 0.29) is 0 Å². The second kappa shape index (κ2) is 2.13. The maximum absolute atomic E-state index is 5.50. The maximum atomic E-state index is 5.50. The summed E-state index contributed by atoms with van der Waals surface area (Å²) in [7, 11) is 1.83. The molecule has 0 saturated heterocycles. The quantitative estimate of drug-likeness (QED) is 0.548. The summed E-state index contributed by atoms with van der Waals surface area (Å²) in [6.45, 7) is 0. The Morgan fingerprint density at radius 2 is 2.50 bits per heavy atom. The average molecular weight is 167 g/mol. The van der Waals surface area contributed by atoms with E-state index in [1.807, 2.05) is 7.05 Å². The lowest BCUT2D eigenvalue weighted by Gasteiger charge is -1.77. The maximum Gasteiger partial charge on any atom is 0.179 e. The third-order valence-electron chi connectivity index (χ3n) is 0.706. The van der Waals surface area contributed by atoms with Gasteiger partial charge in [0.2, 0.25) is 0 Å². The molecule has 0 atom stereocenters. The molecule has 0 aliphatic heterocycles. The van der Waals surface area contributed by atoms with Crippen molar-refractivity contribution < 1.29 is 0 Å². The largest absolute Gasteiger partial charge is 0.273 e. The van der Waals surface area contributed by atoms with E-state index in [1.54, 1.807) is 3.96 Å². The summed E-state index contributed by atoms with van der Waals surface area (Å²) in [5, 5.41) is 0.424. The highest BCUT2D eigenvalue weighted by Crippen LogP contribution is 2.08. The minimum absolute atomic E-state index is 0.424. The lowest BCUT2D eigenvalue weighted by atomic mass is 10.9. The predicted molar refractivity (Wildman–Crippen MR) is 36.9 cm³/mol. The number of halogens is 1. The highest BCUT2D eigenvalue weighted by molar-refractivity contribution is 7.71. The summed E-state index contributed by atoms with van der Waals surface area (Å²) >= 11 is 11.6. The van der Waals surface area contributed by atoms with Crippen LogP contribution >= 0.6 is 35.5 Å². The zero-order valence-corrected chi connectivity index (χ0v) is 6.48. The molecule has 0 fully saturated rings. The van der Waals surface area contributed by atoms with Crippen molar-refractivity contribution in [3.05, 3.63) is 9.79 Å². The molecule has 0 amide bonds. The van der Waals surface area contributed by atoms with Gasteiger partial charge in [-0.25, -0.2) is 0 Å². The van der Waals surface area contributed by atoms with Crippen molar-refractivity contribution in [2.24, 2.45) is 7.05 Å². The number of nitrogens with zero attached hydrogens (tertiary/aromatic N) is 2. The van der Waals surface area contributed by atoms with Gasteiger partial charge in [-0.2, -0.15) is 4.37 Å². The van der Waals surface area contributed by atoms with Gasteiger partial charge in [0.1, 0.15) is 0 Å². The first-order valence-electron chi connectivity index (χ1n) is 1.90. The van der Waals surface area contributed by atoms with E-state index in [2.05, 4.69) is 4.37 Å². The Hall–Kier alpha value is 0.0700. The second-order valence-electron chi connectivity index (χ2n) is 1.27. The number of hydrogen-bond acceptors (Lipinski definition) is 3. The minimum Gasteiger partial charge on any atom is -0.273 e. The van der Waals surface area contributed by atoms with E-state index in [9.17, 15) is 0 Å². The molecule has 0 spiro atoms. The van der Waals surface area contributed by atoms with Gasteiger partial charge in [-0.15, -0.1) is 0 Å². The van der Waals surface area contributed by atoms with Gasteiger partial charge in [-0.3, -0.25) is 3.96 Å². The van der Waals surface area contributed by atoms with Crippen LogP contribution in [0.25, 0.3) is 0 Å². The van der Waals surface area contributed by atoms with Crippen molar-refractivity contribution >= 4 is 35.5 Å². The van der Waals surface area contributed by atoms with E-state index in [0.717, 1.165) is 0 Å². The SMILES string of the molecule is Cn1snc(Cl)c1=S.